The lowest BCUT2D eigenvalue weighted by Gasteiger charge is -2.12. The fourth-order valence-electron chi connectivity index (χ4n) is 2.77. The summed E-state index contributed by atoms with van der Waals surface area (Å²) in [6.45, 7) is 4.00. The van der Waals surface area contributed by atoms with Crippen LogP contribution in [0.3, 0.4) is 0 Å². The molecule has 0 spiro atoms. The van der Waals surface area contributed by atoms with Crippen LogP contribution in [0.5, 0.6) is 0 Å². The highest BCUT2D eigenvalue weighted by molar-refractivity contribution is 5.77. The van der Waals surface area contributed by atoms with Gasteiger partial charge in [0.2, 0.25) is 5.91 Å². The summed E-state index contributed by atoms with van der Waals surface area (Å²) in [4.78, 5) is 11.2. The number of amides is 1. The molecule has 0 aromatic heterocycles. The summed E-state index contributed by atoms with van der Waals surface area (Å²) in [6.07, 6.45) is 1.01. The predicted octanol–water partition coefficient (Wildman–Crippen LogP) is 5.46. The highest BCUT2D eigenvalue weighted by Crippen LogP contribution is 2.29. The van der Waals surface area contributed by atoms with E-state index < -0.39 is 0 Å². The zero-order valence-corrected chi connectivity index (χ0v) is 14.9. The summed E-state index contributed by atoms with van der Waals surface area (Å²) in [5.41, 5.74) is 11.1. The molecule has 0 aliphatic carbocycles. The van der Waals surface area contributed by atoms with Crippen LogP contribution in [0.2, 0.25) is 0 Å². The van der Waals surface area contributed by atoms with Gasteiger partial charge in [0.15, 0.2) is 0 Å². The predicted molar refractivity (Wildman–Crippen MR) is 106 cm³/mol. The van der Waals surface area contributed by atoms with E-state index in [1.54, 1.807) is 0 Å². The first-order chi connectivity index (χ1) is 12.2. The van der Waals surface area contributed by atoms with Crippen molar-refractivity contribution in [2.75, 3.05) is 0 Å². The Hall–Kier alpha value is -2.87. The number of benzene rings is 3. The van der Waals surface area contributed by atoms with Gasteiger partial charge < -0.3 is 5.73 Å². The Morgan fingerprint density at radius 3 is 1.88 bits per heavy atom. The summed E-state index contributed by atoms with van der Waals surface area (Å²) in [7, 11) is 0. The van der Waals surface area contributed by atoms with Gasteiger partial charge in [-0.3, -0.25) is 4.79 Å². The zero-order valence-electron chi connectivity index (χ0n) is 14.9. The van der Waals surface area contributed by atoms with E-state index in [1.807, 2.05) is 50.2 Å². The lowest BCUT2D eigenvalue weighted by Crippen LogP contribution is -2.11. The molecule has 128 valence electrons. The van der Waals surface area contributed by atoms with Crippen molar-refractivity contribution in [3.63, 3.8) is 0 Å². The molecule has 0 atom stereocenters. The molecule has 0 aliphatic heterocycles. The quantitative estimate of drug-likeness (QED) is 0.662. The van der Waals surface area contributed by atoms with Gasteiger partial charge in [-0.1, -0.05) is 92.7 Å². The topological polar surface area (TPSA) is 43.1 Å². The second-order valence-electron chi connectivity index (χ2n) is 5.57. The van der Waals surface area contributed by atoms with E-state index in [0.29, 0.717) is 12.8 Å². The molecule has 1 amide bonds. The summed E-state index contributed by atoms with van der Waals surface area (Å²) < 4.78 is 0. The number of nitrogens with two attached hydrogens (primary N) is 1. The van der Waals surface area contributed by atoms with Crippen molar-refractivity contribution < 1.29 is 4.79 Å². The van der Waals surface area contributed by atoms with E-state index in [4.69, 9.17) is 5.73 Å². The van der Waals surface area contributed by atoms with Crippen molar-refractivity contribution in [1.82, 2.24) is 0 Å². The number of carbonyl (C=O) groups excluding carboxylic acids is 1. The fourth-order valence-corrected chi connectivity index (χ4v) is 2.77. The normalized spacial score (nSPS) is 9.84. The van der Waals surface area contributed by atoms with Crippen molar-refractivity contribution in [2.45, 2.75) is 26.7 Å². The van der Waals surface area contributed by atoms with Crippen molar-refractivity contribution in [2.24, 2.45) is 5.73 Å². The van der Waals surface area contributed by atoms with Gasteiger partial charge in [-0.05, 0) is 34.2 Å². The van der Waals surface area contributed by atoms with Crippen LogP contribution < -0.4 is 5.73 Å². The van der Waals surface area contributed by atoms with Crippen molar-refractivity contribution in [3.8, 4) is 22.3 Å². The van der Waals surface area contributed by atoms with Crippen molar-refractivity contribution in [1.29, 1.82) is 0 Å². The summed E-state index contributed by atoms with van der Waals surface area (Å²) >= 11 is 0. The van der Waals surface area contributed by atoms with E-state index in [-0.39, 0.29) is 5.91 Å². The molecule has 0 unspecified atom stereocenters. The molecule has 0 saturated heterocycles. The monoisotopic (exact) mass is 331 g/mol. The van der Waals surface area contributed by atoms with Crippen LogP contribution in [0, 0.1) is 0 Å². The van der Waals surface area contributed by atoms with E-state index in [2.05, 4.69) is 42.5 Å². The molecule has 2 heteroatoms. The SMILES string of the molecule is CC.NC(=O)CCc1cc(-c2ccccc2)ccc1-c1ccccc1. The van der Waals surface area contributed by atoms with Crippen LogP contribution in [-0.2, 0) is 11.2 Å². The van der Waals surface area contributed by atoms with Gasteiger partial charge in [0.25, 0.3) is 0 Å². The molecule has 3 aromatic rings. The molecule has 0 radical (unpaired) electrons. The Morgan fingerprint density at radius 1 is 0.760 bits per heavy atom. The molecule has 25 heavy (non-hydrogen) atoms. The maximum atomic E-state index is 11.2. The molecule has 0 fully saturated rings. The first kappa shape index (κ1) is 18.5. The largest absolute Gasteiger partial charge is 0.370 e. The lowest BCUT2D eigenvalue weighted by atomic mass is 9.92. The highest BCUT2D eigenvalue weighted by atomic mass is 16.1. The molecule has 0 aliphatic rings. The van der Waals surface area contributed by atoms with Crippen molar-refractivity contribution >= 4 is 5.91 Å². The minimum Gasteiger partial charge on any atom is -0.370 e. The number of carbonyl (C=O) groups is 1. The van der Waals surface area contributed by atoms with Gasteiger partial charge in [-0.15, -0.1) is 0 Å². The first-order valence-electron chi connectivity index (χ1n) is 8.76. The summed E-state index contributed by atoms with van der Waals surface area (Å²) in [5.74, 6) is -0.269. The number of hydrogen-bond donors (Lipinski definition) is 1. The van der Waals surface area contributed by atoms with Gasteiger partial charge in [0.1, 0.15) is 0 Å². The van der Waals surface area contributed by atoms with E-state index in [0.717, 1.165) is 22.3 Å². The average Bonchev–Trinajstić information content (AvgIpc) is 2.69. The molecule has 0 heterocycles. The van der Waals surface area contributed by atoms with Gasteiger partial charge in [-0.25, -0.2) is 0 Å². The molecule has 3 aromatic carbocycles. The minimum absolute atomic E-state index is 0.269. The molecule has 2 N–H and O–H groups in total. The van der Waals surface area contributed by atoms with Crippen LogP contribution in [-0.4, -0.2) is 5.91 Å². The van der Waals surface area contributed by atoms with Crippen LogP contribution in [0.1, 0.15) is 25.8 Å². The molecular weight excluding hydrogens is 306 g/mol. The second kappa shape index (κ2) is 9.43. The lowest BCUT2D eigenvalue weighted by molar-refractivity contribution is -0.117. The van der Waals surface area contributed by atoms with Gasteiger partial charge in [0, 0.05) is 6.42 Å². The standard InChI is InChI=1S/C21H19NO.C2H6/c22-21(23)14-12-19-15-18(16-7-3-1-4-8-16)11-13-20(19)17-9-5-2-6-10-17;1-2/h1-11,13,15H,12,14H2,(H2,22,23);1-2H3. The first-order valence-corrected chi connectivity index (χ1v) is 8.76. The maximum absolute atomic E-state index is 11.2. The van der Waals surface area contributed by atoms with Crippen LogP contribution in [0.4, 0.5) is 0 Å². The summed E-state index contributed by atoms with van der Waals surface area (Å²) in [5, 5.41) is 0. The Labute approximate surface area is 150 Å². The Bertz CT molecular complexity index is 795. The number of rotatable bonds is 5. The van der Waals surface area contributed by atoms with Gasteiger partial charge in [0.05, 0.1) is 0 Å². The Balaban J connectivity index is 0.00000109. The second-order valence-corrected chi connectivity index (χ2v) is 5.57. The van der Waals surface area contributed by atoms with Crippen molar-refractivity contribution in [3.05, 3.63) is 84.4 Å². The molecule has 0 saturated carbocycles. The van der Waals surface area contributed by atoms with Crippen LogP contribution >= 0.6 is 0 Å². The third-order valence-electron chi connectivity index (χ3n) is 3.94. The third kappa shape index (κ3) is 5.05. The molecule has 0 bridgehead atoms. The summed E-state index contributed by atoms with van der Waals surface area (Å²) in [6, 6.07) is 26.9. The molecular formula is C23H25NO. The van der Waals surface area contributed by atoms with Crippen LogP contribution in [0.25, 0.3) is 22.3 Å². The minimum atomic E-state index is -0.269. The Kier molecular flexibility index (Phi) is 6.97. The Morgan fingerprint density at radius 2 is 1.32 bits per heavy atom. The number of hydrogen-bond acceptors (Lipinski definition) is 1. The van der Waals surface area contributed by atoms with Gasteiger partial charge in [-0.2, -0.15) is 0 Å². The molecule has 2 nitrogen and oxygen atoms in total. The fraction of sp³-hybridized carbons (Fsp3) is 0.174. The number of primary amides is 1. The maximum Gasteiger partial charge on any atom is 0.217 e. The smallest absolute Gasteiger partial charge is 0.217 e. The van der Waals surface area contributed by atoms with E-state index in [9.17, 15) is 4.79 Å². The van der Waals surface area contributed by atoms with E-state index in [1.165, 1.54) is 5.56 Å². The van der Waals surface area contributed by atoms with E-state index >= 15 is 0 Å². The van der Waals surface area contributed by atoms with Gasteiger partial charge >= 0.3 is 0 Å². The zero-order chi connectivity index (χ0) is 18.1. The third-order valence-corrected chi connectivity index (χ3v) is 3.94. The molecule has 3 rings (SSSR count). The van der Waals surface area contributed by atoms with Crippen LogP contribution in [0.15, 0.2) is 78.9 Å². The average molecular weight is 331 g/mol. The number of aryl methyl sites for hydroxylation is 1. The highest BCUT2D eigenvalue weighted by Gasteiger charge is 2.08.